The van der Waals surface area contributed by atoms with Crippen molar-refractivity contribution in [1.29, 1.82) is 5.26 Å². The highest BCUT2D eigenvalue weighted by Crippen LogP contribution is 2.49. The van der Waals surface area contributed by atoms with Crippen LogP contribution in [0.25, 0.3) is 0 Å². The molecule has 2 aliphatic carbocycles. The van der Waals surface area contributed by atoms with Crippen LogP contribution >= 0.6 is 15.9 Å². The fourth-order valence-electron chi connectivity index (χ4n) is 3.37. The van der Waals surface area contributed by atoms with Crippen molar-refractivity contribution in [2.24, 2.45) is 5.92 Å². The molecular formula is C17H18BrFN2O. The van der Waals surface area contributed by atoms with Crippen molar-refractivity contribution in [3.05, 3.63) is 34.1 Å². The van der Waals surface area contributed by atoms with E-state index in [1.807, 2.05) is 6.07 Å². The Morgan fingerprint density at radius 1 is 1.32 bits per heavy atom. The molecule has 1 N–H and O–H groups in total. The summed E-state index contributed by atoms with van der Waals surface area (Å²) in [6, 6.07) is 6.89. The fraction of sp³-hybridized carbons (Fsp3) is 0.529. The van der Waals surface area contributed by atoms with E-state index in [2.05, 4.69) is 27.3 Å². The number of hydrogen-bond acceptors (Lipinski definition) is 2. The molecule has 5 heteroatoms. The van der Waals surface area contributed by atoms with Crippen LogP contribution in [0, 0.1) is 23.1 Å². The Bertz CT molecular complexity index is 616. The third-order valence-electron chi connectivity index (χ3n) is 4.85. The lowest BCUT2D eigenvalue weighted by molar-refractivity contribution is -0.124. The largest absolute Gasteiger partial charge is 0.351 e. The predicted octanol–water partition coefficient (Wildman–Crippen LogP) is 3.82. The van der Waals surface area contributed by atoms with Crippen molar-refractivity contribution in [1.82, 2.24) is 5.32 Å². The minimum absolute atomic E-state index is 0.0582. The molecule has 2 unspecified atom stereocenters. The number of nitrogens with one attached hydrogen (secondary N) is 1. The molecule has 2 aliphatic rings. The topological polar surface area (TPSA) is 52.9 Å². The first-order chi connectivity index (χ1) is 10.5. The summed E-state index contributed by atoms with van der Waals surface area (Å²) in [4.78, 5) is 12.7. The number of carbonyl (C=O) groups excluding carboxylic acids is 1. The molecule has 3 rings (SSSR count). The van der Waals surface area contributed by atoms with E-state index in [0.29, 0.717) is 4.47 Å². The molecular weight excluding hydrogens is 347 g/mol. The number of nitriles is 1. The van der Waals surface area contributed by atoms with Crippen LogP contribution in [0.3, 0.4) is 0 Å². The van der Waals surface area contributed by atoms with E-state index in [9.17, 15) is 14.4 Å². The van der Waals surface area contributed by atoms with Crippen LogP contribution in [0.2, 0.25) is 0 Å². The molecule has 2 atom stereocenters. The SMILES string of the molecule is N#CC1CCCCC1NC(=O)C1(c2cc(F)cc(Br)c2)CC1. The average Bonchev–Trinajstić information content (AvgIpc) is 3.28. The van der Waals surface area contributed by atoms with E-state index in [-0.39, 0.29) is 23.7 Å². The van der Waals surface area contributed by atoms with E-state index in [1.165, 1.54) is 12.1 Å². The molecule has 0 aromatic heterocycles. The Balaban J connectivity index is 1.78. The summed E-state index contributed by atoms with van der Waals surface area (Å²) in [7, 11) is 0. The van der Waals surface area contributed by atoms with Crippen molar-refractivity contribution in [3.8, 4) is 6.07 Å². The highest BCUT2D eigenvalue weighted by atomic mass is 79.9. The molecule has 3 nitrogen and oxygen atoms in total. The van der Waals surface area contributed by atoms with Crippen molar-refractivity contribution in [3.63, 3.8) is 0 Å². The summed E-state index contributed by atoms with van der Waals surface area (Å²) >= 11 is 3.29. The van der Waals surface area contributed by atoms with Crippen LogP contribution in [0.15, 0.2) is 22.7 Å². The van der Waals surface area contributed by atoms with Crippen LogP contribution in [-0.2, 0) is 10.2 Å². The molecule has 1 aromatic rings. The minimum atomic E-state index is -0.609. The van der Waals surface area contributed by atoms with Gasteiger partial charge >= 0.3 is 0 Å². The maximum absolute atomic E-state index is 13.6. The molecule has 0 heterocycles. The number of benzene rings is 1. The Labute approximate surface area is 138 Å². The van der Waals surface area contributed by atoms with Crippen LogP contribution in [-0.4, -0.2) is 11.9 Å². The zero-order valence-corrected chi connectivity index (χ0v) is 13.8. The fourth-order valence-corrected chi connectivity index (χ4v) is 3.83. The number of amides is 1. The molecule has 1 aromatic carbocycles. The van der Waals surface area contributed by atoms with Gasteiger partial charge in [0.15, 0.2) is 0 Å². The zero-order valence-electron chi connectivity index (χ0n) is 12.2. The molecule has 0 radical (unpaired) electrons. The number of nitrogens with zero attached hydrogens (tertiary/aromatic N) is 1. The highest BCUT2D eigenvalue weighted by Gasteiger charge is 2.52. The van der Waals surface area contributed by atoms with Crippen LogP contribution in [0.1, 0.15) is 44.1 Å². The van der Waals surface area contributed by atoms with Gasteiger partial charge in [-0.3, -0.25) is 4.79 Å². The van der Waals surface area contributed by atoms with E-state index in [1.54, 1.807) is 0 Å². The lowest BCUT2D eigenvalue weighted by Crippen LogP contribution is -2.46. The third kappa shape index (κ3) is 2.89. The second-order valence-corrected chi connectivity index (χ2v) is 7.26. The van der Waals surface area contributed by atoms with Gasteiger partial charge in [-0.1, -0.05) is 28.8 Å². The van der Waals surface area contributed by atoms with Gasteiger partial charge in [0.1, 0.15) is 5.82 Å². The zero-order chi connectivity index (χ0) is 15.7. The maximum Gasteiger partial charge on any atom is 0.230 e. The van der Waals surface area contributed by atoms with Crippen molar-refractivity contribution in [2.45, 2.75) is 50.0 Å². The van der Waals surface area contributed by atoms with Gasteiger partial charge in [-0.05, 0) is 49.4 Å². The second kappa shape index (κ2) is 6.00. The number of halogens is 2. The molecule has 2 saturated carbocycles. The number of rotatable bonds is 3. The van der Waals surface area contributed by atoms with Gasteiger partial charge in [0.05, 0.1) is 17.4 Å². The molecule has 116 valence electrons. The van der Waals surface area contributed by atoms with E-state index in [0.717, 1.165) is 44.1 Å². The molecule has 0 aliphatic heterocycles. The van der Waals surface area contributed by atoms with Gasteiger partial charge in [-0.2, -0.15) is 5.26 Å². The Kier molecular flexibility index (Phi) is 4.22. The normalized spacial score (nSPS) is 26.0. The lowest BCUT2D eigenvalue weighted by atomic mass is 9.84. The van der Waals surface area contributed by atoms with Gasteiger partial charge in [-0.25, -0.2) is 4.39 Å². The van der Waals surface area contributed by atoms with Crippen LogP contribution < -0.4 is 5.32 Å². The van der Waals surface area contributed by atoms with Gasteiger partial charge in [0, 0.05) is 10.5 Å². The predicted molar refractivity (Wildman–Crippen MR) is 84.5 cm³/mol. The quantitative estimate of drug-likeness (QED) is 0.886. The maximum atomic E-state index is 13.6. The summed E-state index contributed by atoms with van der Waals surface area (Å²) in [6.07, 6.45) is 5.26. The minimum Gasteiger partial charge on any atom is -0.351 e. The molecule has 2 fully saturated rings. The summed E-state index contributed by atoms with van der Waals surface area (Å²) in [5.74, 6) is -0.499. The smallest absolute Gasteiger partial charge is 0.230 e. The number of hydrogen-bond donors (Lipinski definition) is 1. The van der Waals surface area contributed by atoms with Gasteiger partial charge in [0.2, 0.25) is 5.91 Å². The van der Waals surface area contributed by atoms with E-state index < -0.39 is 5.41 Å². The Morgan fingerprint density at radius 2 is 2.05 bits per heavy atom. The summed E-state index contributed by atoms with van der Waals surface area (Å²) in [5, 5.41) is 12.3. The van der Waals surface area contributed by atoms with Crippen molar-refractivity contribution < 1.29 is 9.18 Å². The lowest BCUT2D eigenvalue weighted by Gasteiger charge is -2.29. The third-order valence-corrected chi connectivity index (χ3v) is 5.31. The summed E-state index contributed by atoms with van der Waals surface area (Å²) in [5.41, 5.74) is 0.114. The first-order valence-corrected chi connectivity index (χ1v) is 8.52. The standard InChI is InChI=1S/C17H18BrFN2O/c18-13-7-12(8-14(19)9-13)17(5-6-17)16(22)21-15-4-2-1-3-11(15)10-20/h7-9,11,15H,1-6H2,(H,21,22). The number of carbonyl (C=O) groups is 1. The van der Waals surface area contributed by atoms with Gasteiger partial charge in [0.25, 0.3) is 0 Å². The Morgan fingerprint density at radius 3 is 2.68 bits per heavy atom. The van der Waals surface area contributed by atoms with Gasteiger partial charge < -0.3 is 5.32 Å². The first kappa shape index (κ1) is 15.5. The van der Waals surface area contributed by atoms with Crippen LogP contribution in [0.4, 0.5) is 4.39 Å². The molecule has 0 spiro atoms. The highest BCUT2D eigenvalue weighted by molar-refractivity contribution is 9.10. The van der Waals surface area contributed by atoms with E-state index >= 15 is 0 Å². The van der Waals surface area contributed by atoms with E-state index in [4.69, 9.17) is 0 Å². The molecule has 1 amide bonds. The molecule has 0 bridgehead atoms. The Hall–Kier alpha value is -1.41. The monoisotopic (exact) mass is 364 g/mol. The first-order valence-electron chi connectivity index (χ1n) is 7.72. The molecule has 0 saturated heterocycles. The summed E-state index contributed by atoms with van der Waals surface area (Å²) < 4.78 is 14.3. The van der Waals surface area contributed by atoms with Crippen molar-refractivity contribution >= 4 is 21.8 Å². The molecule has 22 heavy (non-hydrogen) atoms. The average molecular weight is 365 g/mol. The summed E-state index contributed by atoms with van der Waals surface area (Å²) in [6.45, 7) is 0. The van der Waals surface area contributed by atoms with Crippen LogP contribution in [0.5, 0.6) is 0 Å². The van der Waals surface area contributed by atoms with Gasteiger partial charge in [-0.15, -0.1) is 0 Å². The second-order valence-electron chi connectivity index (χ2n) is 6.34. The van der Waals surface area contributed by atoms with Crippen molar-refractivity contribution in [2.75, 3.05) is 0 Å².